The monoisotopic (exact) mass is 272 g/mol. The van der Waals surface area contributed by atoms with E-state index in [-0.39, 0.29) is 6.54 Å². The molecule has 5 nitrogen and oxygen atoms in total. The molecule has 2 heterocycles. The second-order valence-electron chi connectivity index (χ2n) is 4.15. The van der Waals surface area contributed by atoms with Gasteiger partial charge in [-0.15, -0.1) is 0 Å². The molecule has 0 fully saturated rings. The van der Waals surface area contributed by atoms with Crippen LogP contribution in [0.4, 0.5) is 13.2 Å². The normalized spacial score (nSPS) is 11.8. The maximum atomic E-state index is 12.2. The van der Waals surface area contributed by atoms with E-state index < -0.39 is 17.5 Å². The van der Waals surface area contributed by atoms with Gasteiger partial charge in [0, 0.05) is 13.2 Å². The fraction of sp³-hybridized carbons (Fsp3) is 0.364. The van der Waals surface area contributed by atoms with Crippen LogP contribution in [-0.4, -0.2) is 31.5 Å². The van der Waals surface area contributed by atoms with Crippen LogP contribution < -0.4 is 0 Å². The van der Waals surface area contributed by atoms with Crippen LogP contribution in [0.2, 0.25) is 0 Å². The van der Waals surface area contributed by atoms with Gasteiger partial charge >= 0.3 is 6.18 Å². The molecule has 0 aromatic carbocycles. The van der Waals surface area contributed by atoms with Crippen LogP contribution in [0.25, 0.3) is 0 Å². The number of nitrogens with zero attached hydrogens (tertiary/aromatic N) is 4. The highest BCUT2D eigenvalue weighted by Crippen LogP contribution is 2.21. The van der Waals surface area contributed by atoms with Gasteiger partial charge in [0.15, 0.2) is 0 Å². The van der Waals surface area contributed by atoms with Gasteiger partial charge in [-0.25, -0.2) is 0 Å². The number of rotatable bonds is 3. The summed E-state index contributed by atoms with van der Waals surface area (Å²) >= 11 is 0. The molecule has 2 rings (SSSR count). The topological polar surface area (TPSA) is 52.7 Å². The van der Waals surface area contributed by atoms with Crippen molar-refractivity contribution in [3.63, 3.8) is 0 Å². The lowest BCUT2D eigenvalue weighted by Gasteiger charge is -2.02. The van der Waals surface area contributed by atoms with Crippen LogP contribution in [0.1, 0.15) is 21.7 Å². The molecule has 19 heavy (non-hydrogen) atoms. The summed E-state index contributed by atoms with van der Waals surface area (Å²) in [5.74, 6) is -1.89. The Morgan fingerprint density at radius 2 is 2.11 bits per heavy atom. The highest BCUT2D eigenvalue weighted by atomic mass is 19.4. The maximum Gasteiger partial charge on any atom is 0.454 e. The summed E-state index contributed by atoms with van der Waals surface area (Å²) in [6.45, 7) is 2.06. The molecule has 0 aliphatic carbocycles. The summed E-state index contributed by atoms with van der Waals surface area (Å²) in [5.41, 5.74) is 1.12. The molecule has 0 unspecified atom stereocenters. The van der Waals surface area contributed by atoms with Gasteiger partial charge in [-0.1, -0.05) is 0 Å². The van der Waals surface area contributed by atoms with Crippen LogP contribution in [0, 0.1) is 6.92 Å². The Labute approximate surface area is 106 Å². The number of hydrogen-bond acceptors (Lipinski definition) is 3. The fourth-order valence-corrected chi connectivity index (χ4v) is 1.71. The van der Waals surface area contributed by atoms with Gasteiger partial charge in [0.2, 0.25) is 0 Å². The zero-order valence-electron chi connectivity index (χ0n) is 10.3. The SMILES string of the molecule is Cc1cc(Cn2cc(C(=O)C(F)(F)F)cn2)n(C)n1. The third-order valence-electron chi connectivity index (χ3n) is 2.58. The van der Waals surface area contributed by atoms with Gasteiger partial charge in [0.25, 0.3) is 5.78 Å². The number of carbonyl (C=O) groups is 1. The molecule has 0 N–H and O–H groups in total. The molecule has 0 atom stereocenters. The molecular formula is C11H11F3N4O. The number of halogens is 3. The Morgan fingerprint density at radius 1 is 1.42 bits per heavy atom. The first kappa shape index (κ1) is 13.3. The fourth-order valence-electron chi connectivity index (χ4n) is 1.71. The Morgan fingerprint density at radius 3 is 2.63 bits per heavy atom. The van der Waals surface area contributed by atoms with Crippen LogP contribution in [-0.2, 0) is 13.6 Å². The predicted octanol–water partition coefficient (Wildman–Crippen LogP) is 1.72. The van der Waals surface area contributed by atoms with Gasteiger partial charge < -0.3 is 0 Å². The molecular weight excluding hydrogens is 261 g/mol. The third kappa shape index (κ3) is 2.83. The molecule has 102 valence electrons. The van der Waals surface area contributed by atoms with Crippen LogP contribution in [0.15, 0.2) is 18.5 Å². The van der Waals surface area contributed by atoms with E-state index >= 15 is 0 Å². The van der Waals surface area contributed by atoms with Crippen molar-refractivity contribution in [2.45, 2.75) is 19.6 Å². The number of alkyl halides is 3. The Balaban J connectivity index is 2.18. The average molecular weight is 272 g/mol. The zero-order chi connectivity index (χ0) is 14.2. The second kappa shape index (κ2) is 4.52. The quantitative estimate of drug-likeness (QED) is 0.799. The van der Waals surface area contributed by atoms with Gasteiger partial charge in [-0.3, -0.25) is 14.2 Å². The van der Waals surface area contributed by atoms with Gasteiger partial charge in [0.05, 0.1) is 29.7 Å². The maximum absolute atomic E-state index is 12.2. The Hall–Kier alpha value is -2.12. The van der Waals surface area contributed by atoms with Crippen molar-refractivity contribution < 1.29 is 18.0 Å². The molecule has 2 aromatic rings. The zero-order valence-corrected chi connectivity index (χ0v) is 10.3. The lowest BCUT2D eigenvalue weighted by molar-refractivity contribution is -0.0885. The molecule has 0 amide bonds. The molecule has 0 aliphatic rings. The number of aromatic nitrogens is 4. The van der Waals surface area contributed by atoms with Crippen molar-refractivity contribution >= 4 is 5.78 Å². The van der Waals surface area contributed by atoms with Crippen molar-refractivity contribution in [2.24, 2.45) is 7.05 Å². The van der Waals surface area contributed by atoms with Crippen molar-refractivity contribution in [1.82, 2.24) is 19.6 Å². The van der Waals surface area contributed by atoms with Crippen LogP contribution in [0.3, 0.4) is 0 Å². The Kier molecular flexibility index (Phi) is 3.17. The minimum absolute atomic E-state index is 0.252. The molecule has 0 bridgehead atoms. The summed E-state index contributed by atoms with van der Waals surface area (Å²) in [6.07, 6.45) is -2.88. The molecule has 8 heteroatoms. The average Bonchev–Trinajstić information content (AvgIpc) is 2.85. The smallest absolute Gasteiger partial charge is 0.284 e. The van der Waals surface area contributed by atoms with Crippen molar-refractivity contribution in [2.75, 3.05) is 0 Å². The highest BCUT2D eigenvalue weighted by molar-refractivity contribution is 5.99. The number of aryl methyl sites for hydroxylation is 2. The largest absolute Gasteiger partial charge is 0.454 e. The Bertz CT molecular complexity index is 612. The first-order valence-corrected chi connectivity index (χ1v) is 5.41. The van der Waals surface area contributed by atoms with Crippen LogP contribution >= 0.6 is 0 Å². The first-order chi connectivity index (χ1) is 8.77. The van der Waals surface area contributed by atoms with Crippen molar-refractivity contribution in [3.8, 4) is 0 Å². The van der Waals surface area contributed by atoms with Gasteiger partial charge in [-0.2, -0.15) is 23.4 Å². The number of carbonyl (C=O) groups excluding carboxylic acids is 1. The van der Waals surface area contributed by atoms with E-state index in [1.807, 2.05) is 6.92 Å². The predicted molar refractivity (Wildman–Crippen MR) is 59.7 cm³/mol. The molecule has 2 aromatic heterocycles. The summed E-state index contributed by atoms with van der Waals surface area (Å²) in [7, 11) is 1.73. The molecule has 0 saturated carbocycles. The minimum Gasteiger partial charge on any atom is -0.284 e. The summed E-state index contributed by atoms with van der Waals surface area (Å²) in [6, 6.07) is 1.80. The number of ketones is 1. The number of Topliss-reactive ketones (excluding diaryl/α,β-unsaturated/α-hetero) is 1. The van der Waals surface area contributed by atoms with E-state index in [2.05, 4.69) is 10.2 Å². The summed E-state index contributed by atoms with van der Waals surface area (Å²) in [5, 5.41) is 7.87. The third-order valence-corrected chi connectivity index (χ3v) is 2.58. The van der Waals surface area contributed by atoms with E-state index in [4.69, 9.17) is 0 Å². The summed E-state index contributed by atoms with van der Waals surface area (Å²) in [4.78, 5) is 11.0. The second-order valence-corrected chi connectivity index (χ2v) is 4.15. The van der Waals surface area contributed by atoms with Gasteiger partial charge in [0.1, 0.15) is 0 Å². The minimum atomic E-state index is -4.88. The van der Waals surface area contributed by atoms with E-state index in [1.54, 1.807) is 17.8 Å². The lowest BCUT2D eigenvalue weighted by atomic mass is 10.2. The van der Waals surface area contributed by atoms with Crippen LogP contribution in [0.5, 0.6) is 0 Å². The van der Waals surface area contributed by atoms with E-state index in [1.165, 1.54) is 4.68 Å². The number of hydrogen-bond donors (Lipinski definition) is 0. The summed E-state index contributed by atoms with van der Waals surface area (Å²) < 4.78 is 39.6. The lowest BCUT2D eigenvalue weighted by Crippen LogP contribution is -2.22. The van der Waals surface area contributed by atoms with Gasteiger partial charge in [-0.05, 0) is 13.0 Å². The highest BCUT2D eigenvalue weighted by Gasteiger charge is 2.39. The van der Waals surface area contributed by atoms with E-state index in [9.17, 15) is 18.0 Å². The molecule has 0 spiro atoms. The first-order valence-electron chi connectivity index (χ1n) is 5.41. The standard InChI is InChI=1S/C11H11F3N4O/c1-7-3-9(17(2)16-7)6-18-5-8(4-15-18)10(19)11(12,13)14/h3-5H,6H2,1-2H3. The van der Waals surface area contributed by atoms with Crippen molar-refractivity contribution in [1.29, 1.82) is 0 Å². The van der Waals surface area contributed by atoms with Crippen molar-refractivity contribution in [3.05, 3.63) is 35.4 Å². The molecule has 0 aliphatic heterocycles. The van der Waals surface area contributed by atoms with E-state index in [0.29, 0.717) is 0 Å². The molecule has 0 radical (unpaired) electrons. The molecule has 0 saturated heterocycles. The van der Waals surface area contributed by atoms with E-state index in [0.717, 1.165) is 23.8 Å².